The van der Waals surface area contributed by atoms with Crippen LogP contribution in [-0.4, -0.2) is 23.3 Å². The first-order valence-electron chi connectivity index (χ1n) is 13.1. The Morgan fingerprint density at radius 2 is 1.22 bits per heavy atom. The molecule has 0 aliphatic rings. The first-order valence-corrected chi connectivity index (χ1v) is 13.1. The molecule has 0 saturated heterocycles. The van der Waals surface area contributed by atoms with E-state index in [-0.39, 0.29) is 24.9 Å². The van der Waals surface area contributed by atoms with E-state index in [1.807, 2.05) is 112 Å². The fourth-order valence-electron chi connectivity index (χ4n) is 4.30. The number of rotatable bonds is 14. The monoisotopic (exact) mass is 502 g/mol. The Bertz CT molecular complexity index is 1100. The molecule has 3 aromatic rings. The number of carbonyl (C=O) groups excluding carboxylic acids is 1. The van der Waals surface area contributed by atoms with Gasteiger partial charge in [-0.1, -0.05) is 112 Å². The van der Waals surface area contributed by atoms with Gasteiger partial charge in [-0.25, -0.2) is 4.79 Å². The molecule has 0 aliphatic heterocycles. The second-order valence-corrected chi connectivity index (χ2v) is 8.97. The Morgan fingerprint density at radius 1 is 0.703 bits per heavy atom. The molecule has 0 aromatic heterocycles. The maximum absolute atomic E-state index is 13.7. The van der Waals surface area contributed by atoms with Gasteiger partial charge >= 0.3 is 5.97 Å². The number of hydrogen-bond donors (Lipinski definition) is 1. The molecule has 0 amide bonds. The molecule has 1 N–H and O–H groups in total. The third-order valence-corrected chi connectivity index (χ3v) is 6.40. The predicted octanol–water partition coefficient (Wildman–Crippen LogP) is 6.91. The van der Waals surface area contributed by atoms with Crippen LogP contribution in [0.4, 0.5) is 0 Å². The molecular weight excluding hydrogens is 464 g/mol. The number of benzene rings is 3. The first kappa shape index (κ1) is 28.0. The summed E-state index contributed by atoms with van der Waals surface area (Å²) >= 11 is 0. The molecule has 37 heavy (non-hydrogen) atoms. The van der Waals surface area contributed by atoms with Crippen molar-refractivity contribution < 1.29 is 24.1 Å². The number of ether oxygens (including phenoxy) is 3. The van der Waals surface area contributed by atoms with Crippen molar-refractivity contribution in [3.8, 4) is 0 Å². The molecule has 0 bridgehead atoms. The summed E-state index contributed by atoms with van der Waals surface area (Å²) in [6.07, 6.45) is 0.867. The van der Waals surface area contributed by atoms with E-state index in [4.69, 9.17) is 14.2 Å². The van der Waals surface area contributed by atoms with Gasteiger partial charge in [-0.05, 0) is 30.4 Å². The quantitative estimate of drug-likeness (QED) is 0.147. The molecule has 0 radical (unpaired) electrons. The summed E-state index contributed by atoms with van der Waals surface area (Å²) in [6, 6.07) is 28.9. The van der Waals surface area contributed by atoms with Gasteiger partial charge in [0.25, 0.3) is 0 Å². The van der Waals surface area contributed by atoms with Crippen LogP contribution in [0.25, 0.3) is 5.76 Å². The Kier molecular flexibility index (Phi) is 11.2. The average Bonchev–Trinajstić information content (AvgIpc) is 2.95. The van der Waals surface area contributed by atoms with Crippen LogP contribution < -0.4 is 0 Å². The molecule has 0 fully saturated rings. The molecule has 5 nitrogen and oxygen atoms in total. The average molecular weight is 503 g/mol. The van der Waals surface area contributed by atoms with Gasteiger partial charge in [-0.2, -0.15) is 0 Å². The van der Waals surface area contributed by atoms with Gasteiger partial charge in [0.1, 0.15) is 19.3 Å². The minimum absolute atomic E-state index is 0.0188. The van der Waals surface area contributed by atoms with E-state index >= 15 is 0 Å². The molecule has 0 spiro atoms. The molecule has 3 rings (SSSR count). The van der Waals surface area contributed by atoms with E-state index in [0.717, 1.165) is 11.1 Å². The number of aliphatic hydroxyl groups is 1. The van der Waals surface area contributed by atoms with Crippen molar-refractivity contribution in [3.63, 3.8) is 0 Å². The summed E-state index contributed by atoms with van der Waals surface area (Å²) in [7, 11) is 0. The van der Waals surface area contributed by atoms with Crippen LogP contribution in [-0.2, 0) is 32.2 Å². The fraction of sp³-hybridized carbons (Fsp3) is 0.344. The normalized spacial score (nSPS) is 14.2. The Labute approximate surface area is 220 Å². The largest absolute Gasteiger partial charge is 0.484 e. The van der Waals surface area contributed by atoms with Crippen LogP contribution in [0, 0.1) is 5.92 Å². The van der Waals surface area contributed by atoms with E-state index in [2.05, 4.69) is 0 Å². The molecule has 0 heterocycles. The predicted molar refractivity (Wildman–Crippen MR) is 146 cm³/mol. The van der Waals surface area contributed by atoms with Gasteiger partial charge in [0, 0.05) is 11.5 Å². The summed E-state index contributed by atoms with van der Waals surface area (Å²) in [5.74, 6) is -0.425. The van der Waals surface area contributed by atoms with Crippen LogP contribution in [0.15, 0.2) is 96.8 Å². The van der Waals surface area contributed by atoms with Gasteiger partial charge in [0.2, 0.25) is 5.76 Å². The topological polar surface area (TPSA) is 65.0 Å². The van der Waals surface area contributed by atoms with Gasteiger partial charge in [0.15, 0.2) is 5.76 Å². The van der Waals surface area contributed by atoms with Crippen LogP contribution in [0.1, 0.15) is 56.7 Å². The SMILES string of the molecule is CCC([C@H](O)CC)[C@H](CC)OC(=O)C(OCc1ccccc1)=C(OCc1ccccc1)c1ccccc1. The van der Waals surface area contributed by atoms with Crippen LogP contribution in [0.5, 0.6) is 0 Å². The summed E-state index contributed by atoms with van der Waals surface area (Å²) in [5.41, 5.74) is 2.60. The maximum atomic E-state index is 13.7. The Hall–Kier alpha value is -3.57. The zero-order valence-electron chi connectivity index (χ0n) is 22.0. The number of aliphatic hydroxyl groups excluding tert-OH is 1. The summed E-state index contributed by atoms with van der Waals surface area (Å²) < 4.78 is 18.4. The zero-order chi connectivity index (χ0) is 26.5. The van der Waals surface area contributed by atoms with E-state index in [1.54, 1.807) is 0 Å². The Morgan fingerprint density at radius 3 is 1.70 bits per heavy atom. The van der Waals surface area contributed by atoms with Gasteiger partial charge in [-0.15, -0.1) is 0 Å². The van der Waals surface area contributed by atoms with Gasteiger partial charge in [-0.3, -0.25) is 0 Å². The maximum Gasteiger partial charge on any atom is 0.377 e. The van der Waals surface area contributed by atoms with E-state index in [1.165, 1.54) is 0 Å². The minimum atomic E-state index is -0.601. The molecule has 196 valence electrons. The molecule has 3 aromatic carbocycles. The lowest BCUT2D eigenvalue weighted by Gasteiger charge is -2.29. The highest BCUT2D eigenvalue weighted by atomic mass is 16.6. The lowest BCUT2D eigenvalue weighted by molar-refractivity contribution is -0.154. The third-order valence-electron chi connectivity index (χ3n) is 6.40. The highest BCUT2D eigenvalue weighted by Gasteiger charge is 2.31. The number of esters is 1. The lowest BCUT2D eigenvalue weighted by atomic mass is 9.90. The molecule has 0 aliphatic carbocycles. The van der Waals surface area contributed by atoms with Crippen molar-refractivity contribution in [2.45, 2.75) is 65.5 Å². The van der Waals surface area contributed by atoms with Crippen molar-refractivity contribution in [1.82, 2.24) is 0 Å². The summed E-state index contributed by atoms with van der Waals surface area (Å²) in [4.78, 5) is 13.7. The highest BCUT2D eigenvalue weighted by Crippen LogP contribution is 2.28. The van der Waals surface area contributed by atoms with Crippen LogP contribution in [0.2, 0.25) is 0 Å². The number of hydrogen-bond acceptors (Lipinski definition) is 5. The second-order valence-electron chi connectivity index (χ2n) is 8.97. The van der Waals surface area contributed by atoms with E-state index in [9.17, 15) is 9.90 Å². The van der Waals surface area contributed by atoms with E-state index < -0.39 is 18.2 Å². The van der Waals surface area contributed by atoms with Crippen molar-refractivity contribution >= 4 is 11.7 Å². The molecule has 3 atom stereocenters. The van der Waals surface area contributed by atoms with Gasteiger partial charge in [0.05, 0.1) is 6.10 Å². The highest BCUT2D eigenvalue weighted by molar-refractivity contribution is 5.94. The standard InChI is InChI=1S/C32H38O5/c1-4-27(28(33)5-2)29(6-3)37-32(34)31(36-23-25-18-12-8-13-19-25)30(26-20-14-9-15-21-26)35-22-24-16-10-7-11-17-24/h7-21,27-29,33H,4-6,22-23H2,1-3H3/t27?,28-,29+/m1/s1. The van der Waals surface area contributed by atoms with Crippen LogP contribution >= 0.6 is 0 Å². The number of carbonyl (C=O) groups is 1. The van der Waals surface area contributed by atoms with E-state index in [0.29, 0.717) is 30.6 Å². The van der Waals surface area contributed by atoms with Gasteiger partial charge < -0.3 is 19.3 Å². The summed E-state index contributed by atoms with van der Waals surface area (Å²) in [6.45, 7) is 6.34. The third kappa shape index (κ3) is 8.22. The molecular formula is C32H38O5. The smallest absolute Gasteiger partial charge is 0.377 e. The molecule has 1 unspecified atom stereocenters. The van der Waals surface area contributed by atoms with Crippen molar-refractivity contribution in [1.29, 1.82) is 0 Å². The second kappa shape index (κ2) is 14.9. The molecule has 0 saturated carbocycles. The van der Waals surface area contributed by atoms with Crippen molar-refractivity contribution in [2.75, 3.05) is 0 Å². The lowest BCUT2D eigenvalue weighted by Crippen LogP contribution is -2.35. The first-order chi connectivity index (χ1) is 18.1. The van der Waals surface area contributed by atoms with Crippen molar-refractivity contribution in [2.24, 2.45) is 5.92 Å². The molecule has 5 heteroatoms. The minimum Gasteiger partial charge on any atom is -0.484 e. The fourth-order valence-corrected chi connectivity index (χ4v) is 4.30. The zero-order valence-corrected chi connectivity index (χ0v) is 22.0. The van der Waals surface area contributed by atoms with Crippen LogP contribution in [0.3, 0.4) is 0 Å². The van der Waals surface area contributed by atoms with Crippen molar-refractivity contribution in [3.05, 3.63) is 113 Å². The Balaban J connectivity index is 1.99. The summed E-state index contributed by atoms with van der Waals surface area (Å²) in [5, 5.41) is 10.6.